The Kier molecular flexibility index (Phi) is 9.10. The van der Waals surface area contributed by atoms with Gasteiger partial charge in [-0.1, -0.05) is 0 Å². The fourth-order valence-electron chi connectivity index (χ4n) is 2.57. The van der Waals surface area contributed by atoms with Crippen molar-refractivity contribution in [3.63, 3.8) is 0 Å². The number of carbonyl (C=O) groups is 3. The van der Waals surface area contributed by atoms with Crippen LogP contribution in [0.15, 0.2) is 0 Å². The van der Waals surface area contributed by atoms with Crippen LogP contribution in [0.5, 0.6) is 0 Å². The zero-order valence-electron chi connectivity index (χ0n) is 15.7. The number of amides is 3. The van der Waals surface area contributed by atoms with Crippen LogP contribution >= 0.6 is 11.8 Å². The van der Waals surface area contributed by atoms with E-state index in [1.54, 1.807) is 37.4 Å². The van der Waals surface area contributed by atoms with Gasteiger partial charge in [0.15, 0.2) is 0 Å². The highest BCUT2D eigenvalue weighted by molar-refractivity contribution is 7.98. The van der Waals surface area contributed by atoms with Crippen LogP contribution in [0.4, 0.5) is 4.79 Å². The lowest BCUT2D eigenvalue weighted by atomic mass is 9.97. The van der Waals surface area contributed by atoms with Crippen LogP contribution in [-0.2, 0) is 14.3 Å². The molecule has 0 aromatic carbocycles. The van der Waals surface area contributed by atoms with Crippen LogP contribution in [0.1, 0.15) is 40.0 Å². The first-order valence-electron chi connectivity index (χ1n) is 8.74. The van der Waals surface area contributed by atoms with E-state index in [1.807, 2.05) is 6.26 Å². The molecule has 0 aliphatic carbocycles. The highest BCUT2D eigenvalue weighted by atomic mass is 32.2. The molecule has 1 saturated heterocycles. The molecular weight excluding hydrogens is 342 g/mol. The molecule has 0 radical (unpaired) electrons. The molecule has 7 nitrogen and oxygen atoms in total. The third kappa shape index (κ3) is 9.00. The van der Waals surface area contributed by atoms with Gasteiger partial charge in [-0.05, 0) is 39.9 Å². The number of hydrogen-bond donors (Lipinski definition) is 2. The van der Waals surface area contributed by atoms with Crippen molar-refractivity contribution in [3.8, 4) is 0 Å². The van der Waals surface area contributed by atoms with Crippen LogP contribution < -0.4 is 10.6 Å². The Hall–Kier alpha value is -1.44. The number of thioether (sulfide) groups is 1. The zero-order chi connectivity index (χ0) is 18.9. The van der Waals surface area contributed by atoms with Crippen molar-refractivity contribution in [1.29, 1.82) is 0 Å². The van der Waals surface area contributed by atoms with E-state index in [2.05, 4.69) is 10.6 Å². The minimum atomic E-state index is -0.540. The first-order chi connectivity index (χ1) is 11.7. The van der Waals surface area contributed by atoms with Crippen molar-refractivity contribution >= 4 is 29.7 Å². The monoisotopic (exact) mass is 373 g/mol. The average molecular weight is 374 g/mol. The number of nitrogens with one attached hydrogen (secondary N) is 2. The van der Waals surface area contributed by atoms with Crippen molar-refractivity contribution in [2.75, 3.05) is 38.2 Å². The first-order valence-corrected chi connectivity index (χ1v) is 10.1. The van der Waals surface area contributed by atoms with E-state index >= 15 is 0 Å². The van der Waals surface area contributed by atoms with Gasteiger partial charge in [0, 0.05) is 38.4 Å². The standard InChI is InChI=1S/C17H31N3O4S/c1-17(2,3)24-16(23)19-9-8-18-15(22)13-6-5-10-20(12-13)14(21)7-11-25-4/h13H,5-12H2,1-4H3,(H,18,22)(H,19,23). The lowest BCUT2D eigenvalue weighted by Gasteiger charge is -2.32. The van der Waals surface area contributed by atoms with E-state index in [4.69, 9.17) is 4.74 Å². The molecule has 0 bridgehead atoms. The van der Waals surface area contributed by atoms with Crippen molar-refractivity contribution in [2.24, 2.45) is 5.92 Å². The van der Waals surface area contributed by atoms with Crippen molar-refractivity contribution < 1.29 is 19.1 Å². The number of ether oxygens (including phenoxy) is 1. The molecule has 2 N–H and O–H groups in total. The smallest absolute Gasteiger partial charge is 0.407 e. The number of carbonyl (C=O) groups excluding carboxylic acids is 3. The van der Waals surface area contributed by atoms with E-state index in [0.717, 1.165) is 25.1 Å². The van der Waals surface area contributed by atoms with Crippen LogP contribution in [0.25, 0.3) is 0 Å². The molecule has 144 valence electrons. The van der Waals surface area contributed by atoms with E-state index in [1.165, 1.54) is 0 Å². The first kappa shape index (κ1) is 21.6. The Morgan fingerprint density at radius 2 is 1.88 bits per heavy atom. The van der Waals surface area contributed by atoms with Gasteiger partial charge in [-0.3, -0.25) is 9.59 Å². The summed E-state index contributed by atoms with van der Waals surface area (Å²) >= 11 is 1.65. The molecule has 0 aromatic heterocycles. The number of nitrogens with zero attached hydrogens (tertiary/aromatic N) is 1. The topological polar surface area (TPSA) is 87.7 Å². The molecule has 1 atom stereocenters. The third-order valence-corrected chi connectivity index (χ3v) is 4.37. The number of alkyl carbamates (subject to hydrolysis) is 1. The van der Waals surface area contributed by atoms with Crippen molar-refractivity contribution in [1.82, 2.24) is 15.5 Å². The largest absolute Gasteiger partial charge is 0.444 e. The number of rotatable bonds is 7. The molecule has 25 heavy (non-hydrogen) atoms. The fraction of sp³-hybridized carbons (Fsp3) is 0.824. The molecule has 1 fully saturated rings. The Labute approximate surface area is 154 Å². The van der Waals surface area contributed by atoms with E-state index in [9.17, 15) is 14.4 Å². The highest BCUT2D eigenvalue weighted by Crippen LogP contribution is 2.17. The van der Waals surface area contributed by atoms with E-state index in [0.29, 0.717) is 26.1 Å². The summed E-state index contributed by atoms with van der Waals surface area (Å²) in [5.41, 5.74) is -0.540. The minimum Gasteiger partial charge on any atom is -0.444 e. The summed E-state index contributed by atoms with van der Waals surface area (Å²) in [6.07, 6.45) is 3.64. The summed E-state index contributed by atoms with van der Waals surface area (Å²) in [7, 11) is 0. The lowest BCUT2D eigenvalue weighted by Crippen LogP contribution is -2.46. The average Bonchev–Trinajstić information content (AvgIpc) is 2.54. The number of likely N-dealkylation sites (tertiary alicyclic amines) is 1. The van der Waals surface area contributed by atoms with Gasteiger partial charge in [0.1, 0.15) is 5.60 Å². The molecule has 1 heterocycles. The lowest BCUT2D eigenvalue weighted by molar-refractivity contribution is -0.135. The maximum atomic E-state index is 12.3. The predicted molar refractivity (Wildman–Crippen MR) is 99.5 cm³/mol. The quantitative estimate of drug-likeness (QED) is 0.662. The van der Waals surface area contributed by atoms with Gasteiger partial charge >= 0.3 is 6.09 Å². The van der Waals surface area contributed by atoms with Crippen molar-refractivity contribution in [2.45, 2.75) is 45.6 Å². The maximum Gasteiger partial charge on any atom is 0.407 e. The van der Waals surface area contributed by atoms with Gasteiger partial charge in [0.25, 0.3) is 0 Å². The Morgan fingerprint density at radius 3 is 2.52 bits per heavy atom. The number of piperidine rings is 1. The molecular formula is C17H31N3O4S. The van der Waals surface area contributed by atoms with E-state index < -0.39 is 11.7 Å². The molecule has 0 spiro atoms. The molecule has 3 amide bonds. The normalized spacial score (nSPS) is 17.8. The molecule has 1 rings (SSSR count). The van der Waals surface area contributed by atoms with Crippen LogP contribution in [-0.4, -0.2) is 66.6 Å². The minimum absolute atomic E-state index is 0.0617. The van der Waals surface area contributed by atoms with Crippen molar-refractivity contribution in [3.05, 3.63) is 0 Å². The SMILES string of the molecule is CSCCC(=O)N1CCCC(C(=O)NCCNC(=O)OC(C)(C)C)C1. The highest BCUT2D eigenvalue weighted by Gasteiger charge is 2.27. The Bertz CT molecular complexity index is 465. The van der Waals surface area contributed by atoms with Gasteiger partial charge in [0.2, 0.25) is 11.8 Å². The summed E-state index contributed by atoms with van der Waals surface area (Å²) in [6.45, 7) is 7.26. The maximum absolute atomic E-state index is 12.3. The van der Waals surface area contributed by atoms with Crippen LogP contribution in [0, 0.1) is 5.92 Å². The molecule has 0 saturated carbocycles. The summed E-state index contributed by atoms with van der Waals surface area (Å²) in [4.78, 5) is 37.7. The van der Waals surface area contributed by atoms with Gasteiger partial charge in [-0.15, -0.1) is 0 Å². The van der Waals surface area contributed by atoms with Crippen LogP contribution in [0.2, 0.25) is 0 Å². The van der Waals surface area contributed by atoms with Gasteiger partial charge in [0.05, 0.1) is 5.92 Å². The molecule has 1 aliphatic heterocycles. The Morgan fingerprint density at radius 1 is 1.20 bits per heavy atom. The summed E-state index contributed by atoms with van der Waals surface area (Å²) in [5.74, 6) is 0.697. The molecule has 1 unspecified atom stereocenters. The van der Waals surface area contributed by atoms with E-state index in [-0.39, 0.29) is 17.7 Å². The summed E-state index contributed by atoms with van der Waals surface area (Å²) < 4.78 is 5.13. The fourth-order valence-corrected chi connectivity index (χ4v) is 2.95. The van der Waals surface area contributed by atoms with Gasteiger partial charge in [-0.25, -0.2) is 4.79 Å². The summed E-state index contributed by atoms with van der Waals surface area (Å²) in [5, 5.41) is 5.43. The molecule has 1 aliphatic rings. The summed E-state index contributed by atoms with van der Waals surface area (Å²) in [6, 6.07) is 0. The second-order valence-corrected chi connectivity index (χ2v) is 8.13. The second-order valence-electron chi connectivity index (χ2n) is 7.14. The predicted octanol–water partition coefficient (Wildman–Crippen LogP) is 1.62. The Balaban J connectivity index is 2.28. The van der Waals surface area contributed by atoms with Crippen LogP contribution in [0.3, 0.4) is 0 Å². The third-order valence-electron chi connectivity index (χ3n) is 3.76. The van der Waals surface area contributed by atoms with Gasteiger partial charge < -0.3 is 20.3 Å². The second kappa shape index (κ2) is 10.5. The van der Waals surface area contributed by atoms with Gasteiger partial charge in [-0.2, -0.15) is 11.8 Å². The molecule has 8 heteroatoms. The molecule has 0 aromatic rings. The zero-order valence-corrected chi connectivity index (χ0v) is 16.5. The number of hydrogen-bond acceptors (Lipinski definition) is 5.